The van der Waals surface area contributed by atoms with Gasteiger partial charge in [0, 0.05) is 22.9 Å². The molecule has 0 atom stereocenters. The highest BCUT2D eigenvalue weighted by Gasteiger charge is 2.50. The van der Waals surface area contributed by atoms with Crippen LogP contribution >= 0.6 is 0 Å². The smallest absolute Gasteiger partial charge is 0.335 e. The van der Waals surface area contributed by atoms with Crippen LogP contribution in [-0.4, -0.2) is 28.5 Å². The summed E-state index contributed by atoms with van der Waals surface area (Å²) in [7, 11) is 1.64. The Morgan fingerprint density at radius 1 is 1.09 bits per heavy atom. The topological polar surface area (TPSA) is 68.5 Å². The number of carbonyl (C=O) groups is 2. The van der Waals surface area contributed by atoms with E-state index < -0.39 is 11.4 Å². The van der Waals surface area contributed by atoms with E-state index in [1.54, 1.807) is 19.2 Å². The Kier molecular flexibility index (Phi) is 5.40. The Morgan fingerprint density at radius 2 is 1.75 bits per heavy atom. The standard InChI is InChI=1S/C27H31NO4/c1-6-27(7-2)16-26(3,4)22-20-14-18(25(30)31)10-13-21(20)28(23(22)24(27)29)15-17-8-11-19(32-5)12-9-17/h8-14H,6-7,15-16H2,1-5H3,(H,30,31). The van der Waals surface area contributed by atoms with Gasteiger partial charge in [-0.25, -0.2) is 4.79 Å². The molecule has 1 N–H and O–H groups in total. The van der Waals surface area contributed by atoms with E-state index in [0.717, 1.165) is 52.7 Å². The third-order valence-corrected chi connectivity index (χ3v) is 7.32. The molecule has 0 unspecified atom stereocenters. The summed E-state index contributed by atoms with van der Waals surface area (Å²) in [6.07, 6.45) is 2.34. The van der Waals surface area contributed by atoms with Gasteiger partial charge in [0.05, 0.1) is 18.4 Å². The number of Topliss-reactive ketones (excluding diaryl/α,β-unsaturated/α-hetero) is 1. The Hall–Kier alpha value is -3.08. The maximum Gasteiger partial charge on any atom is 0.335 e. The van der Waals surface area contributed by atoms with Crippen LogP contribution in [0.2, 0.25) is 0 Å². The van der Waals surface area contributed by atoms with Crippen molar-refractivity contribution >= 4 is 22.7 Å². The summed E-state index contributed by atoms with van der Waals surface area (Å²) >= 11 is 0. The van der Waals surface area contributed by atoms with Gasteiger partial charge in [-0.1, -0.05) is 39.8 Å². The molecule has 3 aromatic rings. The van der Waals surface area contributed by atoms with Crippen molar-refractivity contribution in [3.63, 3.8) is 0 Å². The van der Waals surface area contributed by atoms with Gasteiger partial charge in [-0.3, -0.25) is 4.79 Å². The summed E-state index contributed by atoms with van der Waals surface area (Å²) in [5.74, 6) is 0.00538. The van der Waals surface area contributed by atoms with Crippen molar-refractivity contribution in [3.8, 4) is 5.75 Å². The first-order chi connectivity index (χ1) is 15.2. The third-order valence-electron chi connectivity index (χ3n) is 7.32. The predicted octanol–water partition coefficient (Wildman–Crippen LogP) is 6.07. The van der Waals surface area contributed by atoms with E-state index in [-0.39, 0.29) is 16.8 Å². The van der Waals surface area contributed by atoms with E-state index in [1.165, 1.54) is 0 Å². The van der Waals surface area contributed by atoms with Gasteiger partial charge in [-0.15, -0.1) is 0 Å². The van der Waals surface area contributed by atoms with Crippen molar-refractivity contribution in [2.75, 3.05) is 7.11 Å². The number of methoxy groups -OCH3 is 1. The van der Waals surface area contributed by atoms with E-state index in [9.17, 15) is 14.7 Å². The van der Waals surface area contributed by atoms with Crippen molar-refractivity contribution in [2.24, 2.45) is 5.41 Å². The fourth-order valence-corrected chi connectivity index (χ4v) is 5.57. The molecule has 1 heterocycles. The highest BCUT2D eigenvalue weighted by Crippen LogP contribution is 2.52. The predicted molar refractivity (Wildman–Crippen MR) is 126 cm³/mol. The maximum absolute atomic E-state index is 14.0. The zero-order chi connectivity index (χ0) is 23.3. The number of hydrogen-bond donors (Lipinski definition) is 1. The van der Waals surface area contributed by atoms with Gasteiger partial charge in [-0.2, -0.15) is 0 Å². The second-order valence-corrected chi connectivity index (χ2v) is 9.57. The molecule has 0 amide bonds. The van der Waals surface area contributed by atoms with Crippen LogP contribution in [0.15, 0.2) is 42.5 Å². The van der Waals surface area contributed by atoms with E-state index in [2.05, 4.69) is 32.3 Å². The highest BCUT2D eigenvalue weighted by molar-refractivity contribution is 6.09. The lowest BCUT2D eigenvalue weighted by Gasteiger charge is -2.43. The molecule has 32 heavy (non-hydrogen) atoms. The number of benzene rings is 2. The number of aromatic carboxylic acids is 1. The second-order valence-electron chi connectivity index (χ2n) is 9.57. The average Bonchev–Trinajstić information content (AvgIpc) is 3.11. The minimum Gasteiger partial charge on any atom is -0.497 e. The summed E-state index contributed by atoms with van der Waals surface area (Å²) in [6, 6.07) is 13.1. The normalized spacial score (nSPS) is 16.7. The number of nitrogens with zero attached hydrogens (tertiary/aromatic N) is 1. The van der Waals surface area contributed by atoms with Crippen molar-refractivity contribution in [1.82, 2.24) is 4.57 Å². The molecule has 168 valence electrons. The van der Waals surface area contributed by atoms with Crippen molar-refractivity contribution in [3.05, 3.63) is 64.8 Å². The Labute approximate surface area is 189 Å². The molecule has 0 bridgehead atoms. The van der Waals surface area contributed by atoms with E-state index in [4.69, 9.17) is 4.74 Å². The van der Waals surface area contributed by atoms with Crippen LogP contribution in [0.25, 0.3) is 10.9 Å². The molecule has 1 aliphatic rings. The molecule has 1 aromatic heterocycles. The number of carbonyl (C=O) groups excluding carboxylic acids is 1. The fraction of sp³-hybridized carbons (Fsp3) is 0.407. The first-order valence-corrected chi connectivity index (χ1v) is 11.2. The minimum absolute atomic E-state index is 0.179. The van der Waals surface area contributed by atoms with Crippen LogP contribution < -0.4 is 4.74 Å². The Morgan fingerprint density at radius 3 is 2.31 bits per heavy atom. The van der Waals surface area contributed by atoms with Crippen LogP contribution in [0.1, 0.15) is 78.9 Å². The lowest BCUT2D eigenvalue weighted by atomic mass is 9.59. The number of fused-ring (bicyclic) bond motifs is 3. The number of carboxylic acids is 1. The molecule has 0 spiro atoms. The van der Waals surface area contributed by atoms with Crippen molar-refractivity contribution in [2.45, 2.75) is 58.9 Å². The minimum atomic E-state index is -0.958. The van der Waals surface area contributed by atoms with Crippen LogP contribution in [0, 0.1) is 5.41 Å². The summed E-state index contributed by atoms with van der Waals surface area (Å²) in [4.78, 5) is 25.7. The number of aromatic nitrogens is 1. The average molecular weight is 434 g/mol. The van der Waals surface area contributed by atoms with Crippen LogP contribution in [-0.2, 0) is 12.0 Å². The highest BCUT2D eigenvalue weighted by atomic mass is 16.5. The lowest BCUT2D eigenvalue weighted by Crippen LogP contribution is -2.43. The largest absolute Gasteiger partial charge is 0.497 e. The molecule has 0 aliphatic heterocycles. The molecule has 2 aromatic carbocycles. The van der Waals surface area contributed by atoms with Gasteiger partial charge in [0.15, 0.2) is 5.78 Å². The number of hydrogen-bond acceptors (Lipinski definition) is 3. The zero-order valence-electron chi connectivity index (χ0n) is 19.5. The number of rotatable bonds is 6. The quantitative estimate of drug-likeness (QED) is 0.512. The molecule has 5 nitrogen and oxygen atoms in total. The maximum atomic E-state index is 14.0. The fourth-order valence-electron chi connectivity index (χ4n) is 5.57. The van der Waals surface area contributed by atoms with Crippen molar-refractivity contribution < 1.29 is 19.4 Å². The molecule has 0 saturated carbocycles. The van der Waals surface area contributed by atoms with E-state index >= 15 is 0 Å². The first kappa shape index (κ1) is 22.1. The molecule has 0 radical (unpaired) electrons. The molecular weight excluding hydrogens is 402 g/mol. The Bertz CT molecular complexity index is 1200. The molecule has 4 rings (SSSR count). The number of carboxylic acid groups (broad SMARTS) is 1. The van der Waals surface area contributed by atoms with Crippen LogP contribution in [0.3, 0.4) is 0 Å². The zero-order valence-corrected chi connectivity index (χ0v) is 19.5. The second kappa shape index (κ2) is 7.80. The molecular formula is C27H31NO4. The van der Waals surface area contributed by atoms with Crippen molar-refractivity contribution in [1.29, 1.82) is 0 Å². The monoisotopic (exact) mass is 433 g/mol. The lowest BCUT2D eigenvalue weighted by molar-refractivity contribution is 0.0663. The summed E-state index contributed by atoms with van der Waals surface area (Å²) in [5.41, 5.74) is 3.26. The molecule has 1 aliphatic carbocycles. The van der Waals surface area contributed by atoms with E-state index in [1.807, 2.05) is 30.3 Å². The van der Waals surface area contributed by atoms with Gasteiger partial charge < -0.3 is 14.4 Å². The summed E-state index contributed by atoms with van der Waals surface area (Å²) in [6.45, 7) is 9.10. The van der Waals surface area contributed by atoms with Gasteiger partial charge in [0.1, 0.15) is 5.75 Å². The number of ether oxygens (including phenoxy) is 1. The summed E-state index contributed by atoms with van der Waals surface area (Å²) < 4.78 is 7.38. The molecule has 0 fully saturated rings. The number of ketones is 1. The van der Waals surface area contributed by atoms with Gasteiger partial charge in [0.25, 0.3) is 0 Å². The SMILES string of the molecule is CCC1(CC)CC(C)(C)c2c(n(Cc3ccc(OC)cc3)c3ccc(C(=O)O)cc23)C1=O. The van der Waals surface area contributed by atoms with Gasteiger partial charge in [-0.05, 0) is 66.1 Å². The first-order valence-electron chi connectivity index (χ1n) is 11.2. The van der Waals surface area contributed by atoms with E-state index in [0.29, 0.717) is 6.54 Å². The van der Waals surface area contributed by atoms with Crippen LogP contribution in [0.4, 0.5) is 0 Å². The summed E-state index contributed by atoms with van der Waals surface area (Å²) in [5, 5.41) is 10.5. The molecule has 5 heteroatoms. The van der Waals surface area contributed by atoms with Crippen LogP contribution in [0.5, 0.6) is 5.75 Å². The Balaban J connectivity index is 2.01. The third kappa shape index (κ3) is 3.31. The van der Waals surface area contributed by atoms with Gasteiger partial charge >= 0.3 is 5.97 Å². The molecule has 0 saturated heterocycles. The van der Waals surface area contributed by atoms with Gasteiger partial charge in [0.2, 0.25) is 0 Å².